The lowest BCUT2D eigenvalue weighted by atomic mass is 9.86. The molecule has 1 aromatic heterocycles. The number of benzene rings is 3. The molecular weight excluding hydrogens is 528 g/mol. The first-order valence-electron chi connectivity index (χ1n) is 14.4. The summed E-state index contributed by atoms with van der Waals surface area (Å²) < 4.78 is 11.4. The number of ether oxygens (including phenoxy) is 1. The Kier molecular flexibility index (Phi) is 7.56. The van der Waals surface area contributed by atoms with E-state index in [1.165, 1.54) is 17.4 Å². The average Bonchev–Trinajstić information content (AvgIpc) is 3.48. The van der Waals surface area contributed by atoms with Crippen molar-refractivity contribution in [2.45, 2.75) is 38.8 Å². The Morgan fingerprint density at radius 2 is 1.55 bits per heavy atom. The van der Waals surface area contributed by atoms with Gasteiger partial charge in [-0.05, 0) is 34.2 Å². The monoisotopic (exact) mass is 564 g/mol. The van der Waals surface area contributed by atoms with Gasteiger partial charge in [0.1, 0.15) is 18.6 Å². The Morgan fingerprint density at radius 1 is 0.905 bits per heavy atom. The Balaban J connectivity index is 1.14. The number of rotatable bonds is 6. The highest BCUT2D eigenvalue weighted by Gasteiger charge is 2.32. The topological polar surface area (TPSA) is 79.1 Å². The number of fused-ring (bicyclic) bond motifs is 1. The molecule has 6 rings (SSSR count). The van der Waals surface area contributed by atoms with Crippen LogP contribution in [0.3, 0.4) is 0 Å². The third kappa shape index (κ3) is 5.67. The number of hydrogen-bond acceptors (Lipinski definition) is 6. The van der Waals surface area contributed by atoms with Crippen molar-refractivity contribution < 1.29 is 18.7 Å². The Morgan fingerprint density at radius 3 is 2.17 bits per heavy atom. The molecule has 0 radical (unpaired) electrons. The highest BCUT2D eigenvalue weighted by atomic mass is 16.5. The second-order valence-corrected chi connectivity index (χ2v) is 11.9. The van der Waals surface area contributed by atoms with E-state index in [0.717, 1.165) is 18.7 Å². The summed E-state index contributed by atoms with van der Waals surface area (Å²) in [5.74, 6) is 0.617. The minimum atomic E-state index is -0.179. The zero-order valence-electron chi connectivity index (χ0n) is 24.3. The molecule has 0 saturated carbocycles. The van der Waals surface area contributed by atoms with Crippen LogP contribution in [0.5, 0.6) is 5.75 Å². The van der Waals surface area contributed by atoms with Crippen LogP contribution >= 0.6 is 0 Å². The molecule has 216 valence electrons. The van der Waals surface area contributed by atoms with E-state index in [9.17, 15) is 9.59 Å². The van der Waals surface area contributed by atoms with Crippen LogP contribution in [0.25, 0.3) is 0 Å². The van der Waals surface area contributed by atoms with Crippen molar-refractivity contribution in [3.05, 3.63) is 113 Å². The van der Waals surface area contributed by atoms with Gasteiger partial charge in [0, 0.05) is 26.2 Å². The van der Waals surface area contributed by atoms with Crippen molar-refractivity contribution in [1.29, 1.82) is 0 Å². The summed E-state index contributed by atoms with van der Waals surface area (Å²) in [6.45, 7) is 9.09. The normalized spacial score (nSPS) is 16.0. The van der Waals surface area contributed by atoms with E-state index in [0.29, 0.717) is 30.4 Å². The average molecular weight is 565 g/mol. The second kappa shape index (κ2) is 11.4. The molecule has 2 amide bonds. The quantitative estimate of drug-likeness (QED) is 0.310. The third-order valence-corrected chi connectivity index (χ3v) is 8.03. The second-order valence-electron chi connectivity index (χ2n) is 11.9. The molecule has 3 heterocycles. The van der Waals surface area contributed by atoms with Gasteiger partial charge >= 0.3 is 0 Å². The van der Waals surface area contributed by atoms with Crippen molar-refractivity contribution in [1.82, 2.24) is 14.8 Å². The largest absolute Gasteiger partial charge is 0.482 e. The van der Waals surface area contributed by atoms with Gasteiger partial charge < -0.3 is 14.1 Å². The van der Waals surface area contributed by atoms with Gasteiger partial charge in [-0.25, -0.2) is 4.98 Å². The SMILES string of the molecule is CC(C)(C)c1ccc2c(c1)N(Cc1nc(C(=O)N3CCN(C(c4ccccc4)c4ccccc4)CC3)co1)C(=O)CO2. The molecule has 2 aliphatic heterocycles. The molecule has 0 unspecified atom stereocenters. The summed E-state index contributed by atoms with van der Waals surface area (Å²) in [6, 6.07) is 27.0. The highest BCUT2D eigenvalue weighted by Crippen LogP contribution is 2.37. The predicted octanol–water partition coefficient (Wildman–Crippen LogP) is 5.45. The minimum absolute atomic E-state index is 0.0500. The van der Waals surface area contributed by atoms with Crippen molar-refractivity contribution in [3.63, 3.8) is 0 Å². The van der Waals surface area contributed by atoms with E-state index in [1.54, 1.807) is 4.90 Å². The molecule has 0 aliphatic carbocycles. The summed E-state index contributed by atoms with van der Waals surface area (Å²) >= 11 is 0. The van der Waals surface area contributed by atoms with Gasteiger partial charge in [0.2, 0.25) is 5.89 Å². The fraction of sp³-hybridized carbons (Fsp3) is 0.324. The van der Waals surface area contributed by atoms with Gasteiger partial charge in [0.25, 0.3) is 11.8 Å². The number of amides is 2. The van der Waals surface area contributed by atoms with E-state index in [2.05, 4.69) is 79.2 Å². The first-order valence-corrected chi connectivity index (χ1v) is 14.4. The van der Waals surface area contributed by atoms with E-state index in [1.807, 2.05) is 35.2 Å². The van der Waals surface area contributed by atoms with Gasteiger partial charge in [0.05, 0.1) is 11.7 Å². The number of carbonyl (C=O) groups excluding carboxylic acids is 2. The lowest BCUT2D eigenvalue weighted by Crippen LogP contribution is -2.50. The maximum absolute atomic E-state index is 13.4. The number of aromatic nitrogens is 1. The number of anilines is 1. The van der Waals surface area contributed by atoms with Gasteiger partial charge in [0.15, 0.2) is 12.3 Å². The Hall–Kier alpha value is -4.43. The zero-order chi connectivity index (χ0) is 29.3. The molecule has 8 heteroatoms. The molecule has 4 aromatic rings. The first kappa shape index (κ1) is 27.7. The lowest BCUT2D eigenvalue weighted by Gasteiger charge is -2.39. The summed E-state index contributed by atoms with van der Waals surface area (Å²) in [5, 5.41) is 0. The molecule has 3 aromatic carbocycles. The number of piperazine rings is 1. The van der Waals surface area contributed by atoms with Crippen LogP contribution < -0.4 is 9.64 Å². The van der Waals surface area contributed by atoms with Crippen LogP contribution in [0, 0.1) is 0 Å². The molecule has 0 atom stereocenters. The molecule has 42 heavy (non-hydrogen) atoms. The fourth-order valence-electron chi connectivity index (χ4n) is 5.69. The minimum Gasteiger partial charge on any atom is -0.482 e. The Labute approximate surface area is 246 Å². The van der Waals surface area contributed by atoms with E-state index < -0.39 is 0 Å². The van der Waals surface area contributed by atoms with Crippen LogP contribution in [0.4, 0.5) is 5.69 Å². The van der Waals surface area contributed by atoms with Gasteiger partial charge in [-0.3, -0.25) is 19.4 Å². The number of nitrogens with zero attached hydrogens (tertiary/aromatic N) is 4. The molecule has 0 bridgehead atoms. The van der Waals surface area contributed by atoms with Crippen LogP contribution in [-0.4, -0.2) is 59.4 Å². The van der Waals surface area contributed by atoms with E-state index in [4.69, 9.17) is 9.15 Å². The molecule has 2 aliphatic rings. The maximum atomic E-state index is 13.4. The molecule has 1 saturated heterocycles. The van der Waals surface area contributed by atoms with Crippen molar-refractivity contribution >= 4 is 17.5 Å². The zero-order valence-corrected chi connectivity index (χ0v) is 24.3. The number of carbonyl (C=O) groups is 2. The standard InChI is InChI=1S/C34H36N4O4/c1-34(2,3)26-14-15-29-28(20-26)38(31(39)23-41-29)21-30-35-27(22-42-30)33(40)37-18-16-36(17-19-37)32(24-10-6-4-7-11-24)25-12-8-5-9-13-25/h4-15,20,22,32H,16-19,21,23H2,1-3H3. The number of oxazole rings is 1. The van der Waals surface area contributed by atoms with Crippen LogP contribution in [0.15, 0.2) is 89.5 Å². The summed E-state index contributed by atoms with van der Waals surface area (Å²) in [5.41, 5.74) is 4.42. The summed E-state index contributed by atoms with van der Waals surface area (Å²) in [4.78, 5) is 36.7. The molecular formula is C34H36N4O4. The molecule has 0 N–H and O–H groups in total. The molecule has 1 fully saturated rings. The summed E-state index contributed by atoms with van der Waals surface area (Å²) in [7, 11) is 0. The van der Waals surface area contributed by atoms with Gasteiger partial charge in [-0.1, -0.05) is 87.5 Å². The molecule has 8 nitrogen and oxygen atoms in total. The predicted molar refractivity (Wildman–Crippen MR) is 161 cm³/mol. The summed E-state index contributed by atoms with van der Waals surface area (Å²) in [6.07, 6.45) is 1.40. The smallest absolute Gasteiger partial charge is 0.275 e. The maximum Gasteiger partial charge on any atom is 0.275 e. The Bertz CT molecular complexity index is 1510. The number of hydrogen-bond donors (Lipinski definition) is 0. The molecule has 0 spiro atoms. The lowest BCUT2D eigenvalue weighted by molar-refractivity contribution is -0.121. The first-order chi connectivity index (χ1) is 20.3. The van der Waals surface area contributed by atoms with Crippen molar-refractivity contribution in [2.75, 3.05) is 37.7 Å². The fourth-order valence-corrected chi connectivity index (χ4v) is 5.69. The highest BCUT2D eigenvalue weighted by molar-refractivity contribution is 5.98. The van der Waals surface area contributed by atoms with Gasteiger partial charge in [-0.2, -0.15) is 0 Å². The van der Waals surface area contributed by atoms with Crippen LogP contribution in [-0.2, 0) is 16.8 Å². The third-order valence-electron chi connectivity index (χ3n) is 8.03. The van der Waals surface area contributed by atoms with E-state index in [-0.39, 0.29) is 42.1 Å². The van der Waals surface area contributed by atoms with E-state index >= 15 is 0 Å². The van der Waals surface area contributed by atoms with Crippen LogP contribution in [0.2, 0.25) is 0 Å². The van der Waals surface area contributed by atoms with Crippen LogP contribution in [0.1, 0.15) is 59.9 Å². The van der Waals surface area contributed by atoms with Crippen molar-refractivity contribution in [2.24, 2.45) is 0 Å². The van der Waals surface area contributed by atoms with Crippen molar-refractivity contribution in [3.8, 4) is 5.75 Å². The van der Waals surface area contributed by atoms with Gasteiger partial charge in [-0.15, -0.1) is 0 Å².